The summed E-state index contributed by atoms with van der Waals surface area (Å²) in [7, 11) is -3.44. The number of aromatic nitrogens is 2. The molecule has 0 bridgehead atoms. The third-order valence-electron chi connectivity index (χ3n) is 4.91. The van der Waals surface area contributed by atoms with Gasteiger partial charge in [-0.15, -0.1) is 10.2 Å². The number of carbonyl (C=O) groups excluding carboxylic acids is 1. The number of hydrogen-bond donors (Lipinski definition) is 1. The molecule has 0 radical (unpaired) electrons. The maximum absolute atomic E-state index is 12.7. The van der Waals surface area contributed by atoms with Crippen LogP contribution in [0.2, 0.25) is 0 Å². The van der Waals surface area contributed by atoms with E-state index in [0.717, 1.165) is 19.3 Å². The molecule has 4 rings (SSSR count). The van der Waals surface area contributed by atoms with Crippen molar-refractivity contribution in [3.05, 3.63) is 30.3 Å². The molecule has 1 saturated carbocycles. The van der Waals surface area contributed by atoms with Crippen LogP contribution in [0.15, 0.2) is 40.4 Å². The molecule has 0 atom stereocenters. The highest BCUT2D eigenvalue weighted by molar-refractivity contribution is 7.99. The molecule has 2 aliphatic rings. The van der Waals surface area contributed by atoms with E-state index in [4.69, 9.17) is 9.47 Å². The molecule has 2 aromatic rings. The Morgan fingerprint density at radius 2 is 1.86 bits per heavy atom. The lowest BCUT2D eigenvalue weighted by molar-refractivity contribution is -0.113. The Labute approximate surface area is 173 Å². The number of benzene rings is 1. The summed E-state index contributed by atoms with van der Waals surface area (Å²) in [6, 6.07) is 8.26. The Kier molecular flexibility index (Phi) is 5.91. The number of ether oxygens (including phenoxy) is 2. The number of nitrogens with zero attached hydrogens (tertiary/aromatic N) is 2. The van der Waals surface area contributed by atoms with Crippen molar-refractivity contribution in [2.45, 2.75) is 47.4 Å². The van der Waals surface area contributed by atoms with Gasteiger partial charge in [-0.2, -0.15) is 0 Å². The summed E-state index contributed by atoms with van der Waals surface area (Å²) >= 11 is 1.19. The lowest BCUT2D eigenvalue weighted by atomic mass is 10.0. The van der Waals surface area contributed by atoms with Gasteiger partial charge in [-0.25, -0.2) is 8.42 Å². The number of hydrogen-bond acceptors (Lipinski definition) is 8. The van der Waals surface area contributed by atoms with Crippen LogP contribution in [0, 0.1) is 0 Å². The highest BCUT2D eigenvalue weighted by atomic mass is 32.2. The largest absolute Gasteiger partial charge is 0.454 e. The van der Waals surface area contributed by atoms with Crippen molar-refractivity contribution < 1.29 is 22.7 Å². The van der Waals surface area contributed by atoms with Crippen LogP contribution in [0.1, 0.15) is 32.1 Å². The highest BCUT2D eigenvalue weighted by Crippen LogP contribution is 2.34. The van der Waals surface area contributed by atoms with Crippen molar-refractivity contribution in [1.82, 2.24) is 10.2 Å². The SMILES string of the molecule is O=C(CSc1ccc(S(=O)(=O)C2CCCCC2)nn1)Nc1ccc2c(c1)OCO2. The second-order valence-electron chi connectivity index (χ2n) is 6.92. The normalized spacial score (nSPS) is 16.6. The summed E-state index contributed by atoms with van der Waals surface area (Å²) in [5, 5.41) is 10.8. The minimum Gasteiger partial charge on any atom is -0.454 e. The average molecular weight is 436 g/mol. The van der Waals surface area contributed by atoms with Crippen molar-refractivity contribution in [2.24, 2.45) is 0 Å². The summed E-state index contributed by atoms with van der Waals surface area (Å²) in [6.45, 7) is 0.174. The van der Waals surface area contributed by atoms with E-state index in [1.165, 1.54) is 17.8 Å². The third kappa shape index (κ3) is 4.64. The van der Waals surface area contributed by atoms with E-state index < -0.39 is 9.84 Å². The van der Waals surface area contributed by atoms with Crippen LogP contribution in [0.25, 0.3) is 0 Å². The van der Waals surface area contributed by atoms with Gasteiger partial charge in [-0.05, 0) is 37.1 Å². The van der Waals surface area contributed by atoms with E-state index in [2.05, 4.69) is 15.5 Å². The molecule has 1 aromatic heterocycles. The van der Waals surface area contributed by atoms with Gasteiger partial charge in [0.25, 0.3) is 0 Å². The fourth-order valence-corrected chi connectivity index (χ4v) is 5.72. The third-order valence-corrected chi connectivity index (χ3v) is 7.98. The fraction of sp³-hybridized carbons (Fsp3) is 0.421. The Morgan fingerprint density at radius 1 is 1.07 bits per heavy atom. The Balaban J connectivity index is 1.32. The molecule has 0 spiro atoms. The first-order chi connectivity index (χ1) is 14.0. The van der Waals surface area contributed by atoms with E-state index in [0.29, 0.717) is 35.1 Å². The van der Waals surface area contributed by atoms with Crippen molar-refractivity contribution in [1.29, 1.82) is 0 Å². The zero-order valence-corrected chi connectivity index (χ0v) is 17.3. The van der Waals surface area contributed by atoms with E-state index >= 15 is 0 Å². The zero-order valence-electron chi connectivity index (χ0n) is 15.7. The number of carbonyl (C=O) groups is 1. The molecule has 154 valence electrons. The molecule has 0 unspecified atom stereocenters. The van der Waals surface area contributed by atoms with E-state index in [1.54, 1.807) is 24.3 Å². The molecule has 1 fully saturated rings. The molecule has 10 heteroatoms. The number of sulfone groups is 1. The smallest absolute Gasteiger partial charge is 0.234 e. The van der Waals surface area contributed by atoms with E-state index in [-0.39, 0.29) is 28.7 Å². The van der Waals surface area contributed by atoms with Crippen LogP contribution in [0.3, 0.4) is 0 Å². The number of amides is 1. The predicted molar refractivity (Wildman–Crippen MR) is 108 cm³/mol. The minimum atomic E-state index is -3.44. The van der Waals surface area contributed by atoms with Crippen LogP contribution in [0.4, 0.5) is 5.69 Å². The van der Waals surface area contributed by atoms with Crippen LogP contribution in [0.5, 0.6) is 11.5 Å². The van der Waals surface area contributed by atoms with Crippen LogP contribution < -0.4 is 14.8 Å². The van der Waals surface area contributed by atoms with Gasteiger partial charge in [0.1, 0.15) is 5.03 Å². The summed E-state index contributed by atoms with van der Waals surface area (Å²) in [4.78, 5) is 12.2. The summed E-state index contributed by atoms with van der Waals surface area (Å²) < 4.78 is 35.8. The van der Waals surface area contributed by atoms with E-state index in [1.807, 2.05) is 0 Å². The number of anilines is 1. The number of nitrogens with one attached hydrogen (secondary N) is 1. The van der Waals surface area contributed by atoms with Gasteiger partial charge in [0.05, 0.1) is 11.0 Å². The lowest BCUT2D eigenvalue weighted by Crippen LogP contribution is -2.25. The molecule has 1 aromatic carbocycles. The maximum Gasteiger partial charge on any atom is 0.234 e. The molecule has 1 aliphatic carbocycles. The summed E-state index contributed by atoms with van der Waals surface area (Å²) in [5.41, 5.74) is 0.611. The molecule has 1 aliphatic heterocycles. The summed E-state index contributed by atoms with van der Waals surface area (Å²) in [6.07, 6.45) is 4.32. The zero-order chi connectivity index (χ0) is 20.3. The standard InChI is InChI=1S/C19H21N3O5S2/c23-17(20-13-6-7-15-16(10-13)27-12-26-15)11-28-18-8-9-19(22-21-18)29(24,25)14-4-2-1-3-5-14/h6-10,14H,1-5,11-12H2,(H,20,23). The van der Waals surface area contributed by atoms with Crippen LogP contribution >= 0.6 is 11.8 Å². The molecular weight excluding hydrogens is 414 g/mol. The molecule has 29 heavy (non-hydrogen) atoms. The van der Waals surface area contributed by atoms with Gasteiger partial charge in [0.15, 0.2) is 26.4 Å². The monoisotopic (exact) mass is 435 g/mol. The maximum atomic E-state index is 12.7. The van der Waals surface area contributed by atoms with Crippen molar-refractivity contribution in [3.63, 3.8) is 0 Å². The van der Waals surface area contributed by atoms with Gasteiger partial charge in [-0.1, -0.05) is 31.0 Å². The topological polar surface area (TPSA) is 107 Å². The first kappa shape index (κ1) is 20.0. The highest BCUT2D eigenvalue weighted by Gasteiger charge is 2.30. The Bertz CT molecular complexity index is 989. The quantitative estimate of drug-likeness (QED) is 0.690. The Morgan fingerprint density at radius 3 is 2.62 bits per heavy atom. The average Bonchev–Trinajstić information content (AvgIpc) is 3.21. The van der Waals surface area contributed by atoms with Gasteiger partial charge >= 0.3 is 0 Å². The Hall–Kier alpha value is -2.33. The number of fused-ring (bicyclic) bond motifs is 1. The predicted octanol–water partition coefficient (Wildman–Crippen LogP) is 3.04. The van der Waals surface area contributed by atoms with E-state index in [9.17, 15) is 13.2 Å². The molecule has 2 heterocycles. The lowest BCUT2D eigenvalue weighted by Gasteiger charge is -2.20. The number of rotatable bonds is 6. The van der Waals surface area contributed by atoms with Crippen molar-refractivity contribution >= 4 is 33.2 Å². The van der Waals surface area contributed by atoms with Gasteiger partial charge in [0, 0.05) is 11.8 Å². The molecule has 1 amide bonds. The van der Waals surface area contributed by atoms with Crippen molar-refractivity contribution in [3.8, 4) is 11.5 Å². The molecule has 8 nitrogen and oxygen atoms in total. The molecule has 1 N–H and O–H groups in total. The second kappa shape index (κ2) is 8.58. The van der Waals surface area contributed by atoms with Crippen LogP contribution in [-0.2, 0) is 14.6 Å². The first-order valence-corrected chi connectivity index (χ1v) is 12.0. The molecular formula is C19H21N3O5S2. The second-order valence-corrected chi connectivity index (χ2v) is 10.1. The minimum absolute atomic E-state index is 0.0126. The van der Waals surface area contributed by atoms with Crippen LogP contribution in [-0.4, -0.2) is 42.3 Å². The first-order valence-electron chi connectivity index (χ1n) is 9.42. The molecule has 0 saturated heterocycles. The summed E-state index contributed by atoms with van der Waals surface area (Å²) in [5.74, 6) is 1.15. The fourth-order valence-electron chi connectivity index (χ4n) is 3.39. The van der Waals surface area contributed by atoms with Gasteiger partial charge < -0.3 is 14.8 Å². The number of thioether (sulfide) groups is 1. The van der Waals surface area contributed by atoms with Gasteiger partial charge in [-0.3, -0.25) is 4.79 Å². The van der Waals surface area contributed by atoms with Crippen molar-refractivity contribution in [2.75, 3.05) is 17.9 Å². The van der Waals surface area contributed by atoms with Gasteiger partial charge in [0.2, 0.25) is 12.7 Å².